The van der Waals surface area contributed by atoms with Crippen LogP contribution in [-0.4, -0.2) is 16.1 Å². The third-order valence-electron chi connectivity index (χ3n) is 3.61. The molecule has 0 unspecified atom stereocenters. The maximum Gasteiger partial charge on any atom is 0.303 e. The molecule has 0 saturated carbocycles. The highest BCUT2D eigenvalue weighted by Crippen LogP contribution is 2.34. The predicted molar refractivity (Wildman–Crippen MR) is 89.7 cm³/mol. The van der Waals surface area contributed by atoms with Crippen molar-refractivity contribution >= 4 is 40.1 Å². The fourth-order valence-electron chi connectivity index (χ4n) is 2.59. The first-order valence-corrected chi connectivity index (χ1v) is 7.58. The number of hydrogen-bond acceptors (Lipinski definition) is 1. The number of carbonyl (C=O) groups is 1. The van der Waals surface area contributed by atoms with Crippen molar-refractivity contribution in [3.63, 3.8) is 0 Å². The third kappa shape index (κ3) is 2.82. The summed E-state index contributed by atoms with van der Waals surface area (Å²) in [6.45, 7) is 0. The van der Waals surface area contributed by atoms with Crippen molar-refractivity contribution in [2.75, 3.05) is 0 Å². The van der Waals surface area contributed by atoms with E-state index in [9.17, 15) is 4.79 Å². The molecule has 22 heavy (non-hydrogen) atoms. The molecule has 0 saturated heterocycles. The molecule has 0 atom stereocenters. The third-order valence-corrected chi connectivity index (χ3v) is 4.18. The summed E-state index contributed by atoms with van der Waals surface area (Å²) in [7, 11) is 0. The largest absolute Gasteiger partial charge is 0.481 e. The number of para-hydroxylation sites is 1. The summed E-state index contributed by atoms with van der Waals surface area (Å²) in [6.07, 6.45) is 0.508. The van der Waals surface area contributed by atoms with Crippen LogP contribution in [0.3, 0.4) is 0 Å². The van der Waals surface area contributed by atoms with Crippen LogP contribution in [0, 0.1) is 0 Å². The van der Waals surface area contributed by atoms with Crippen molar-refractivity contribution < 1.29 is 9.90 Å². The van der Waals surface area contributed by atoms with Crippen molar-refractivity contribution in [1.82, 2.24) is 4.98 Å². The fourth-order valence-corrected chi connectivity index (χ4v) is 2.94. The van der Waals surface area contributed by atoms with Crippen LogP contribution in [-0.2, 0) is 11.2 Å². The summed E-state index contributed by atoms with van der Waals surface area (Å²) < 4.78 is 0. The number of halogens is 2. The number of hydrogen-bond donors (Lipinski definition) is 2. The van der Waals surface area contributed by atoms with E-state index in [1.807, 2.05) is 42.5 Å². The Morgan fingerprint density at radius 1 is 1.09 bits per heavy atom. The maximum atomic E-state index is 10.9. The van der Waals surface area contributed by atoms with Gasteiger partial charge in [-0.05, 0) is 35.7 Å². The van der Waals surface area contributed by atoms with Crippen LogP contribution in [0.1, 0.15) is 12.0 Å². The van der Waals surface area contributed by atoms with Gasteiger partial charge < -0.3 is 10.1 Å². The van der Waals surface area contributed by atoms with Gasteiger partial charge in [0.25, 0.3) is 0 Å². The van der Waals surface area contributed by atoms with Crippen LogP contribution >= 0.6 is 23.2 Å². The summed E-state index contributed by atoms with van der Waals surface area (Å²) >= 11 is 12.2. The van der Waals surface area contributed by atoms with Gasteiger partial charge in [-0.3, -0.25) is 4.79 Å². The van der Waals surface area contributed by atoms with Crippen molar-refractivity contribution in [2.24, 2.45) is 0 Å². The Bertz CT molecular complexity index is 838. The summed E-state index contributed by atoms with van der Waals surface area (Å²) in [5.74, 6) is -0.821. The zero-order chi connectivity index (χ0) is 15.7. The van der Waals surface area contributed by atoms with Gasteiger partial charge in [0.15, 0.2) is 0 Å². The lowest BCUT2D eigenvalue weighted by Crippen LogP contribution is -1.98. The van der Waals surface area contributed by atoms with Crippen LogP contribution in [0.5, 0.6) is 0 Å². The SMILES string of the molecule is O=C(O)CCc1c(-c2ccc(Cl)cc2)[nH]c2c(Cl)cccc12. The van der Waals surface area contributed by atoms with Crippen LogP contribution in [0.15, 0.2) is 42.5 Å². The molecule has 3 rings (SSSR count). The molecule has 3 nitrogen and oxygen atoms in total. The first-order valence-electron chi connectivity index (χ1n) is 6.83. The van der Waals surface area contributed by atoms with E-state index in [1.54, 1.807) is 0 Å². The highest BCUT2D eigenvalue weighted by Gasteiger charge is 2.15. The minimum absolute atomic E-state index is 0.0695. The summed E-state index contributed by atoms with van der Waals surface area (Å²) in [6, 6.07) is 13.1. The molecule has 5 heteroatoms. The van der Waals surface area contributed by atoms with Gasteiger partial charge in [0.05, 0.1) is 10.5 Å². The number of H-pyrrole nitrogens is 1. The second-order valence-electron chi connectivity index (χ2n) is 5.04. The Labute approximate surface area is 137 Å². The number of aromatic nitrogens is 1. The van der Waals surface area contributed by atoms with Gasteiger partial charge in [0.2, 0.25) is 0 Å². The second kappa shape index (κ2) is 6.03. The Morgan fingerprint density at radius 2 is 1.82 bits per heavy atom. The van der Waals surface area contributed by atoms with E-state index in [2.05, 4.69) is 4.98 Å². The highest BCUT2D eigenvalue weighted by molar-refractivity contribution is 6.35. The van der Waals surface area contributed by atoms with Crippen LogP contribution in [0.2, 0.25) is 10.0 Å². The molecule has 0 spiro atoms. The summed E-state index contributed by atoms with van der Waals surface area (Å²) in [5, 5.41) is 11.2. The normalized spacial score (nSPS) is 11.0. The number of benzene rings is 2. The Balaban J connectivity index is 2.18. The molecule has 0 aliphatic rings. The van der Waals surface area contributed by atoms with E-state index < -0.39 is 5.97 Å². The molecular weight excluding hydrogens is 321 g/mol. The lowest BCUT2D eigenvalue weighted by Gasteiger charge is -2.04. The topological polar surface area (TPSA) is 53.1 Å². The molecule has 1 heterocycles. The van der Waals surface area contributed by atoms with Gasteiger partial charge in [0.1, 0.15) is 0 Å². The quantitative estimate of drug-likeness (QED) is 0.692. The smallest absolute Gasteiger partial charge is 0.303 e. The first kappa shape index (κ1) is 14.9. The zero-order valence-corrected chi connectivity index (χ0v) is 13.1. The number of nitrogens with one attached hydrogen (secondary N) is 1. The van der Waals surface area contributed by atoms with Gasteiger partial charge in [-0.1, -0.05) is 47.5 Å². The van der Waals surface area contributed by atoms with E-state index in [0.29, 0.717) is 16.5 Å². The molecule has 0 fully saturated rings. The highest BCUT2D eigenvalue weighted by atomic mass is 35.5. The monoisotopic (exact) mass is 333 g/mol. The zero-order valence-electron chi connectivity index (χ0n) is 11.6. The molecule has 2 N–H and O–H groups in total. The molecule has 0 radical (unpaired) electrons. The average Bonchev–Trinajstić information content (AvgIpc) is 2.86. The van der Waals surface area contributed by atoms with Crippen LogP contribution < -0.4 is 0 Å². The van der Waals surface area contributed by atoms with Crippen LogP contribution in [0.4, 0.5) is 0 Å². The van der Waals surface area contributed by atoms with Gasteiger partial charge in [-0.15, -0.1) is 0 Å². The Morgan fingerprint density at radius 3 is 2.50 bits per heavy atom. The van der Waals surface area contributed by atoms with Gasteiger partial charge in [-0.25, -0.2) is 0 Å². The van der Waals surface area contributed by atoms with E-state index in [-0.39, 0.29) is 6.42 Å². The Hall–Kier alpha value is -1.97. The molecule has 112 valence electrons. The van der Waals surface area contributed by atoms with Crippen molar-refractivity contribution in [2.45, 2.75) is 12.8 Å². The minimum atomic E-state index is -0.821. The molecule has 2 aromatic carbocycles. The van der Waals surface area contributed by atoms with E-state index in [4.69, 9.17) is 28.3 Å². The van der Waals surface area contributed by atoms with Crippen molar-refractivity contribution in [3.8, 4) is 11.3 Å². The first-order chi connectivity index (χ1) is 10.6. The molecule has 3 aromatic rings. The number of aliphatic carboxylic acids is 1. The fraction of sp³-hybridized carbons (Fsp3) is 0.118. The van der Waals surface area contributed by atoms with Crippen LogP contribution in [0.25, 0.3) is 22.2 Å². The van der Waals surface area contributed by atoms with Gasteiger partial charge in [0, 0.05) is 22.5 Å². The minimum Gasteiger partial charge on any atom is -0.481 e. The molecule has 0 amide bonds. The average molecular weight is 334 g/mol. The summed E-state index contributed by atoms with van der Waals surface area (Å²) in [5.41, 5.74) is 3.63. The van der Waals surface area contributed by atoms with E-state index in [0.717, 1.165) is 27.7 Å². The van der Waals surface area contributed by atoms with E-state index in [1.165, 1.54) is 0 Å². The number of carboxylic acid groups (broad SMARTS) is 1. The standard InChI is InChI=1S/C17H13Cl2NO2/c18-11-6-4-10(5-7-11)16-13(8-9-15(21)22)12-2-1-3-14(19)17(12)20-16/h1-7,20H,8-9H2,(H,21,22). The molecule has 1 aromatic heterocycles. The van der Waals surface area contributed by atoms with Gasteiger partial charge in [-0.2, -0.15) is 0 Å². The lowest BCUT2D eigenvalue weighted by atomic mass is 10.0. The van der Waals surface area contributed by atoms with Gasteiger partial charge >= 0.3 is 5.97 Å². The number of aromatic amines is 1. The summed E-state index contributed by atoms with van der Waals surface area (Å²) in [4.78, 5) is 14.3. The molecule has 0 bridgehead atoms. The second-order valence-corrected chi connectivity index (χ2v) is 5.89. The lowest BCUT2D eigenvalue weighted by molar-refractivity contribution is -0.136. The maximum absolute atomic E-state index is 10.9. The van der Waals surface area contributed by atoms with Crippen molar-refractivity contribution in [3.05, 3.63) is 58.1 Å². The predicted octanol–water partition coefficient (Wildman–Crippen LogP) is 5.16. The molecule has 0 aliphatic heterocycles. The van der Waals surface area contributed by atoms with Crippen molar-refractivity contribution in [1.29, 1.82) is 0 Å². The molecule has 0 aliphatic carbocycles. The Kier molecular flexibility index (Phi) is 4.10. The number of aryl methyl sites for hydroxylation is 1. The number of carboxylic acids is 1. The number of rotatable bonds is 4. The number of fused-ring (bicyclic) bond motifs is 1. The molecular formula is C17H13Cl2NO2. The van der Waals surface area contributed by atoms with E-state index >= 15 is 0 Å².